The molecule has 96 valence electrons. The summed E-state index contributed by atoms with van der Waals surface area (Å²) < 4.78 is 1.67. The van der Waals surface area contributed by atoms with Gasteiger partial charge in [0.05, 0.1) is 5.69 Å². The van der Waals surface area contributed by atoms with Crippen molar-refractivity contribution in [2.24, 2.45) is 5.92 Å². The van der Waals surface area contributed by atoms with Crippen LogP contribution in [0.5, 0.6) is 5.88 Å². The molecule has 1 heterocycles. The third kappa shape index (κ3) is 2.40. The summed E-state index contributed by atoms with van der Waals surface area (Å²) in [5, 5.41) is 14.7. The van der Waals surface area contributed by atoms with Crippen LogP contribution >= 0.6 is 0 Å². The molecule has 3 nitrogen and oxygen atoms in total. The van der Waals surface area contributed by atoms with Crippen molar-refractivity contribution in [3.05, 3.63) is 35.9 Å². The summed E-state index contributed by atoms with van der Waals surface area (Å²) in [6.45, 7) is 6.97. The van der Waals surface area contributed by atoms with E-state index >= 15 is 0 Å². The zero-order valence-corrected chi connectivity index (χ0v) is 11.2. The standard InChI is InChI=1S/C15H20N2O/c1-4-17-15(18)13(10-11(2)3)14(16-17)12-8-6-5-7-9-12/h5-9,11,18H,4,10H2,1-3H3. The Morgan fingerprint density at radius 3 is 2.44 bits per heavy atom. The van der Waals surface area contributed by atoms with E-state index in [0.29, 0.717) is 18.3 Å². The topological polar surface area (TPSA) is 38.0 Å². The van der Waals surface area contributed by atoms with Gasteiger partial charge < -0.3 is 5.11 Å². The second kappa shape index (κ2) is 5.25. The van der Waals surface area contributed by atoms with Crippen LogP contribution in [0.4, 0.5) is 0 Å². The Hall–Kier alpha value is -1.77. The van der Waals surface area contributed by atoms with E-state index in [2.05, 4.69) is 18.9 Å². The van der Waals surface area contributed by atoms with Gasteiger partial charge in [-0.1, -0.05) is 44.2 Å². The number of aryl methyl sites for hydroxylation is 1. The normalized spacial score (nSPS) is 11.1. The molecule has 0 amide bonds. The van der Waals surface area contributed by atoms with Gasteiger partial charge in [0.25, 0.3) is 0 Å². The van der Waals surface area contributed by atoms with E-state index in [1.54, 1.807) is 4.68 Å². The molecule has 0 aliphatic carbocycles. The summed E-state index contributed by atoms with van der Waals surface area (Å²) in [6.07, 6.45) is 0.843. The number of rotatable bonds is 4. The zero-order chi connectivity index (χ0) is 13.1. The van der Waals surface area contributed by atoms with Crippen LogP contribution in [-0.4, -0.2) is 14.9 Å². The summed E-state index contributed by atoms with van der Waals surface area (Å²) >= 11 is 0. The minimum absolute atomic E-state index is 0.310. The van der Waals surface area contributed by atoms with Crippen LogP contribution in [0.15, 0.2) is 30.3 Å². The zero-order valence-electron chi connectivity index (χ0n) is 11.2. The second-order valence-corrected chi connectivity index (χ2v) is 4.93. The molecule has 0 radical (unpaired) electrons. The van der Waals surface area contributed by atoms with Gasteiger partial charge in [-0.05, 0) is 19.3 Å². The Balaban J connectivity index is 2.52. The van der Waals surface area contributed by atoms with Crippen molar-refractivity contribution < 1.29 is 5.11 Å². The molecule has 3 heteroatoms. The van der Waals surface area contributed by atoms with Crippen LogP contribution in [0, 0.1) is 5.92 Å². The van der Waals surface area contributed by atoms with Crippen LogP contribution < -0.4 is 0 Å². The van der Waals surface area contributed by atoms with Gasteiger partial charge in [0.1, 0.15) is 0 Å². The summed E-state index contributed by atoms with van der Waals surface area (Å²) in [6, 6.07) is 10.0. The smallest absolute Gasteiger partial charge is 0.213 e. The van der Waals surface area contributed by atoms with E-state index in [-0.39, 0.29) is 0 Å². The maximum absolute atomic E-state index is 10.2. The third-order valence-electron chi connectivity index (χ3n) is 2.98. The minimum atomic E-state index is 0.310. The van der Waals surface area contributed by atoms with Gasteiger partial charge >= 0.3 is 0 Å². The predicted molar refractivity (Wildman–Crippen MR) is 73.5 cm³/mol. The van der Waals surface area contributed by atoms with E-state index in [9.17, 15) is 5.11 Å². The third-order valence-corrected chi connectivity index (χ3v) is 2.98. The van der Waals surface area contributed by atoms with Crippen molar-refractivity contribution in [1.82, 2.24) is 9.78 Å². The van der Waals surface area contributed by atoms with E-state index in [4.69, 9.17) is 0 Å². The fraction of sp³-hybridized carbons (Fsp3) is 0.400. The number of hydrogen-bond acceptors (Lipinski definition) is 2. The summed E-state index contributed by atoms with van der Waals surface area (Å²) in [5.74, 6) is 0.804. The average Bonchev–Trinajstić information content (AvgIpc) is 2.67. The molecule has 0 atom stereocenters. The molecule has 1 aromatic heterocycles. The van der Waals surface area contributed by atoms with Crippen LogP contribution in [-0.2, 0) is 13.0 Å². The highest BCUT2D eigenvalue weighted by molar-refractivity contribution is 5.65. The van der Waals surface area contributed by atoms with Crippen molar-refractivity contribution in [2.75, 3.05) is 0 Å². The lowest BCUT2D eigenvalue weighted by molar-refractivity contribution is 0.397. The molecular weight excluding hydrogens is 224 g/mol. The first-order chi connectivity index (χ1) is 8.63. The molecule has 0 saturated carbocycles. The average molecular weight is 244 g/mol. The highest BCUT2D eigenvalue weighted by Gasteiger charge is 2.18. The monoisotopic (exact) mass is 244 g/mol. The molecule has 0 unspecified atom stereocenters. The number of hydrogen-bond donors (Lipinski definition) is 1. The largest absolute Gasteiger partial charge is 0.493 e. The van der Waals surface area contributed by atoms with E-state index < -0.39 is 0 Å². The Morgan fingerprint density at radius 2 is 1.89 bits per heavy atom. The maximum Gasteiger partial charge on any atom is 0.213 e. The molecule has 0 saturated heterocycles. The maximum atomic E-state index is 10.2. The fourth-order valence-electron chi connectivity index (χ4n) is 2.13. The summed E-state index contributed by atoms with van der Waals surface area (Å²) in [4.78, 5) is 0. The Bertz CT molecular complexity index is 515. The highest BCUT2D eigenvalue weighted by Crippen LogP contribution is 2.31. The van der Waals surface area contributed by atoms with Crippen LogP contribution in [0.2, 0.25) is 0 Å². The Morgan fingerprint density at radius 1 is 1.22 bits per heavy atom. The Kier molecular flexibility index (Phi) is 3.70. The Labute approximate surface area is 108 Å². The minimum Gasteiger partial charge on any atom is -0.493 e. The summed E-state index contributed by atoms with van der Waals surface area (Å²) in [7, 11) is 0. The molecule has 18 heavy (non-hydrogen) atoms. The van der Waals surface area contributed by atoms with E-state index in [1.165, 1.54) is 0 Å². The van der Waals surface area contributed by atoms with E-state index in [0.717, 1.165) is 23.2 Å². The van der Waals surface area contributed by atoms with Gasteiger partial charge in [0.15, 0.2) is 0 Å². The lowest BCUT2D eigenvalue weighted by Gasteiger charge is -2.06. The first kappa shape index (κ1) is 12.7. The van der Waals surface area contributed by atoms with Crippen molar-refractivity contribution >= 4 is 0 Å². The lowest BCUT2D eigenvalue weighted by atomic mass is 9.99. The van der Waals surface area contributed by atoms with E-state index in [1.807, 2.05) is 37.3 Å². The van der Waals surface area contributed by atoms with Gasteiger partial charge in [0.2, 0.25) is 5.88 Å². The van der Waals surface area contributed by atoms with Crippen molar-refractivity contribution in [3.8, 4) is 17.1 Å². The molecule has 0 bridgehead atoms. The van der Waals surface area contributed by atoms with Gasteiger partial charge in [0, 0.05) is 17.7 Å². The molecule has 0 fully saturated rings. The van der Waals surface area contributed by atoms with Gasteiger partial charge in [-0.15, -0.1) is 0 Å². The molecule has 2 aromatic rings. The molecule has 0 aliphatic heterocycles. The van der Waals surface area contributed by atoms with Gasteiger partial charge in [-0.3, -0.25) is 0 Å². The molecule has 0 aliphatic rings. The van der Waals surface area contributed by atoms with Crippen LogP contribution in [0.3, 0.4) is 0 Å². The highest BCUT2D eigenvalue weighted by atomic mass is 16.3. The molecule has 0 spiro atoms. The first-order valence-corrected chi connectivity index (χ1v) is 6.47. The quantitative estimate of drug-likeness (QED) is 0.894. The van der Waals surface area contributed by atoms with Crippen molar-refractivity contribution in [1.29, 1.82) is 0 Å². The second-order valence-electron chi connectivity index (χ2n) is 4.93. The van der Waals surface area contributed by atoms with Crippen molar-refractivity contribution in [2.45, 2.75) is 33.7 Å². The number of aromatic hydroxyl groups is 1. The van der Waals surface area contributed by atoms with Gasteiger partial charge in [-0.2, -0.15) is 5.10 Å². The molecule has 2 rings (SSSR count). The lowest BCUT2D eigenvalue weighted by Crippen LogP contribution is -1.96. The van der Waals surface area contributed by atoms with Crippen molar-refractivity contribution in [3.63, 3.8) is 0 Å². The molecule has 1 N–H and O–H groups in total. The number of benzene rings is 1. The van der Waals surface area contributed by atoms with Gasteiger partial charge in [-0.25, -0.2) is 4.68 Å². The first-order valence-electron chi connectivity index (χ1n) is 6.47. The number of aromatic nitrogens is 2. The van der Waals surface area contributed by atoms with Crippen LogP contribution in [0.25, 0.3) is 11.3 Å². The predicted octanol–water partition coefficient (Wildman–Crippen LogP) is 3.47. The van der Waals surface area contributed by atoms with Crippen LogP contribution in [0.1, 0.15) is 26.3 Å². The SMILES string of the molecule is CCn1nc(-c2ccccc2)c(CC(C)C)c1O. The number of nitrogens with zero attached hydrogens (tertiary/aromatic N) is 2. The summed E-state index contributed by atoms with van der Waals surface area (Å²) in [5.41, 5.74) is 2.93. The fourth-order valence-corrected chi connectivity index (χ4v) is 2.13. The molecule has 1 aromatic carbocycles. The molecular formula is C15H20N2O.